The van der Waals surface area contributed by atoms with Crippen molar-refractivity contribution in [2.75, 3.05) is 19.8 Å². The van der Waals surface area contributed by atoms with Crippen molar-refractivity contribution in [2.45, 2.75) is 50.7 Å². The summed E-state index contributed by atoms with van der Waals surface area (Å²) in [4.78, 5) is 0. The lowest BCUT2D eigenvalue weighted by Gasteiger charge is -2.30. The number of halogens is 1. The summed E-state index contributed by atoms with van der Waals surface area (Å²) in [5.74, 6) is 0. The molecule has 0 aromatic heterocycles. The second kappa shape index (κ2) is 8.66. The van der Waals surface area contributed by atoms with Crippen LogP contribution in [0.15, 0.2) is 0 Å². The molecule has 5 atom stereocenters. The van der Waals surface area contributed by atoms with Gasteiger partial charge in [0.05, 0.1) is 38.1 Å². The molecule has 0 amide bonds. The Labute approximate surface area is 125 Å². The zero-order valence-corrected chi connectivity index (χ0v) is 13.6. The Morgan fingerprint density at radius 3 is 2.00 bits per heavy atom. The van der Waals surface area contributed by atoms with E-state index in [0.29, 0.717) is 0 Å². The Kier molecular flexibility index (Phi) is 8.78. The summed E-state index contributed by atoms with van der Waals surface area (Å²) >= 11 is 0. The van der Waals surface area contributed by atoms with Crippen LogP contribution in [-0.2, 0) is 13.6 Å². The first-order valence-corrected chi connectivity index (χ1v) is 8.14. The lowest BCUT2D eigenvalue weighted by atomic mass is 10.1. The molecule has 0 aromatic carbocycles. The highest BCUT2D eigenvalue weighted by Gasteiger charge is 2.50. The van der Waals surface area contributed by atoms with Gasteiger partial charge in [-0.3, -0.25) is 4.57 Å². The summed E-state index contributed by atoms with van der Waals surface area (Å²) in [7, 11) is -3.55. The van der Waals surface area contributed by atoms with Crippen LogP contribution in [0, 0.1) is 0 Å². The van der Waals surface area contributed by atoms with E-state index in [2.05, 4.69) is 5.32 Å². The van der Waals surface area contributed by atoms with Gasteiger partial charge in [-0.05, 0) is 20.8 Å². The quantitative estimate of drug-likeness (QED) is 0.490. The van der Waals surface area contributed by atoms with E-state index < -0.39 is 38.1 Å². The first-order chi connectivity index (χ1) is 8.91. The first kappa shape index (κ1) is 20.3. The lowest BCUT2D eigenvalue weighted by molar-refractivity contribution is 0.0254. The minimum Gasteiger partial charge on any atom is -0.395 e. The Balaban J connectivity index is 0.00000361. The predicted octanol–water partition coefficient (Wildman–Crippen LogP) is 0.117. The third kappa shape index (κ3) is 4.15. The molecule has 9 heteroatoms. The maximum Gasteiger partial charge on any atom is 0.337 e. The van der Waals surface area contributed by atoms with Gasteiger partial charge in [-0.25, -0.2) is 0 Å². The Hall–Kier alpha value is 0.280. The third-order valence-corrected chi connectivity index (χ3v) is 5.84. The first-order valence-electron chi connectivity index (χ1n) is 6.53. The molecule has 7 nitrogen and oxygen atoms in total. The van der Waals surface area contributed by atoms with Crippen molar-refractivity contribution in [2.24, 2.45) is 0 Å². The number of aliphatic hydroxyl groups is 3. The molecule has 1 heterocycles. The molecule has 1 saturated heterocycles. The smallest absolute Gasteiger partial charge is 0.337 e. The van der Waals surface area contributed by atoms with Crippen molar-refractivity contribution >= 4 is 20.0 Å². The van der Waals surface area contributed by atoms with Crippen LogP contribution in [-0.4, -0.2) is 65.1 Å². The van der Waals surface area contributed by atoms with E-state index in [-0.39, 0.29) is 31.7 Å². The van der Waals surface area contributed by atoms with Crippen molar-refractivity contribution in [3.8, 4) is 0 Å². The van der Waals surface area contributed by atoms with Gasteiger partial charge in [-0.1, -0.05) is 0 Å². The number of hydrogen-bond donors (Lipinski definition) is 4. The van der Waals surface area contributed by atoms with Crippen LogP contribution < -0.4 is 5.32 Å². The van der Waals surface area contributed by atoms with Crippen molar-refractivity contribution in [3.05, 3.63) is 0 Å². The summed E-state index contributed by atoms with van der Waals surface area (Å²) in [5, 5.41) is 32.1. The molecule has 0 bridgehead atoms. The molecule has 0 spiro atoms. The maximum absolute atomic E-state index is 12.7. The summed E-state index contributed by atoms with van der Waals surface area (Å²) in [5.41, 5.74) is -0.915. The number of hydrogen-bond acceptors (Lipinski definition) is 7. The number of aliphatic hydroxyl groups excluding tert-OH is 3. The van der Waals surface area contributed by atoms with Crippen LogP contribution in [0.25, 0.3) is 0 Å². The van der Waals surface area contributed by atoms with Crippen LogP contribution in [0.5, 0.6) is 0 Å². The fourth-order valence-corrected chi connectivity index (χ4v) is 4.38. The molecule has 0 aromatic rings. The van der Waals surface area contributed by atoms with E-state index in [1.165, 1.54) is 0 Å². The predicted molar refractivity (Wildman–Crippen MR) is 77.4 cm³/mol. The molecule has 0 saturated carbocycles. The van der Waals surface area contributed by atoms with Crippen LogP contribution in [0.2, 0.25) is 0 Å². The topological polar surface area (TPSA) is 108 Å². The summed E-state index contributed by atoms with van der Waals surface area (Å²) < 4.78 is 23.0. The molecule has 4 N–H and O–H groups in total. The number of rotatable bonds is 7. The van der Waals surface area contributed by atoms with Gasteiger partial charge >= 0.3 is 7.60 Å². The van der Waals surface area contributed by atoms with Crippen LogP contribution in [0.1, 0.15) is 20.8 Å². The molecule has 1 rings (SSSR count). The van der Waals surface area contributed by atoms with Crippen molar-refractivity contribution in [1.82, 2.24) is 5.32 Å². The van der Waals surface area contributed by atoms with Gasteiger partial charge in [0.25, 0.3) is 0 Å². The Morgan fingerprint density at radius 2 is 1.70 bits per heavy atom. The van der Waals surface area contributed by atoms with E-state index in [9.17, 15) is 19.9 Å². The van der Waals surface area contributed by atoms with Crippen LogP contribution in [0.4, 0.5) is 0 Å². The van der Waals surface area contributed by atoms with E-state index in [1.807, 2.05) is 0 Å². The zero-order valence-electron chi connectivity index (χ0n) is 11.9. The molecule has 0 radical (unpaired) electrons. The monoisotopic (exact) mass is 333 g/mol. The minimum atomic E-state index is -3.55. The van der Waals surface area contributed by atoms with Gasteiger partial charge in [-0.2, -0.15) is 0 Å². The second-order valence-electron chi connectivity index (χ2n) is 4.59. The number of nitrogens with one attached hydrogen (secondary N) is 1. The summed E-state index contributed by atoms with van der Waals surface area (Å²) in [6.07, 6.45) is -2.10. The van der Waals surface area contributed by atoms with E-state index in [4.69, 9.17) is 9.05 Å². The van der Waals surface area contributed by atoms with Gasteiger partial charge < -0.3 is 29.7 Å². The summed E-state index contributed by atoms with van der Waals surface area (Å²) in [6, 6.07) is -1.09. The standard InChI is InChI=1S/C11H24NO6P.ClH/c1-4-17-19(16,18-5-2)8(6-13)9-11(15)10(14)7(3)12-9;/h7-15H,4-6H2,1-3H3;1H/t7-,8?,9-,10+,11-;/m0./s1. The molecule has 1 fully saturated rings. The van der Waals surface area contributed by atoms with Crippen LogP contribution in [0.3, 0.4) is 0 Å². The van der Waals surface area contributed by atoms with Crippen molar-refractivity contribution in [1.29, 1.82) is 0 Å². The molecular formula is C11H25ClNO6P. The molecule has 1 aliphatic heterocycles. The molecule has 122 valence electrons. The van der Waals surface area contributed by atoms with Gasteiger partial charge in [0.15, 0.2) is 0 Å². The second-order valence-corrected chi connectivity index (χ2v) is 6.85. The lowest BCUT2D eigenvalue weighted by Crippen LogP contribution is -2.45. The Bertz CT molecular complexity index is 324. The van der Waals surface area contributed by atoms with Gasteiger partial charge in [0.2, 0.25) is 0 Å². The molecule has 1 unspecified atom stereocenters. The fraction of sp³-hybridized carbons (Fsp3) is 1.00. The average Bonchev–Trinajstić information content (AvgIpc) is 2.59. The summed E-state index contributed by atoms with van der Waals surface area (Å²) in [6.45, 7) is 4.94. The normalized spacial score (nSPS) is 31.9. The Morgan fingerprint density at radius 1 is 1.20 bits per heavy atom. The highest BCUT2D eigenvalue weighted by molar-refractivity contribution is 7.54. The van der Waals surface area contributed by atoms with Gasteiger partial charge in [-0.15, -0.1) is 12.4 Å². The molecule has 0 aliphatic carbocycles. The van der Waals surface area contributed by atoms with Gasteiger partial charge in [0, 0.05) is 6.04 Å². The molecular weight excluding hydrogens is 309 g/mol. The van der Waals surface area contributed by atoms with Gasteiger partial charge in [0.1, 0.15) is 5.66 Å². The minimum absolute atomic E-state index is 0. The van der Waals surface area contributed by atoms with E-state index in [0.717, 1.165) is 0 Å². The zero-order chi connectivity index (χ0) is 14.6. The third-order valence-electron chi connectivity index (χ3n) is 3.31. The fourth-order valence-electron chi connectivity index (χ4n) is 2.35. The average molecular weight is 334 g/mol. The van der Waals surface area contributed by atoms with Crippen LogP contribution >= 0.6 is 20.0 Å². The SMILES string of the molecule is CCOP(=O)(OCC)C(CO)[C@@H]1N[C@@H](C)[C@@H](O)[C@H]1O.Cl. The highest BCUT2D eigenvalue weighted by atomic mass is 35.5. The molecule has 1 aliphatic rings. The maximum atomic E-state index is 12.7. The largest absolute Gasteiger partial charge is 0.395 e. The van der Waals surface area contributed by atoms with E-state index in [1.54, 1.807) is 20.8 Å². The van der Waals surface area contributed by atoms with Crippen molar-refractivity contribution < 1.29 is 28.9 Å². The van der Waals surface area contributed by atoms with Crippen molar-refractivity contribution in [3.63, 3.8) is 0 Å². The highest BCUT2D eigenvalue weighted by Crippen LogP contribution is 2.55. The molecule has 20 heavy (non-hydrogen) atoms. The van der Waals surface area contributed by atoms with E-state index >= 15 is 0 Å².